The lowest BCUT2D eigenvalue weighted by molar-refractivity contribution is 0.0780. The minimum absolute atomic E-state index is 0.105. The minimum atomic E-state index is -0.105. The molecule has 2 aliphatic heterocycles. The van der Waals surface area contributed by atoms with E-state index in [9.17, 15) is 4.79 Å². The molecule has 3 heterocycles. The van der Waals surface area contributed by atoms with E-state index < -0.39 is 0 Å². The summed E-state index contributed by atoms with van der Waals surface area (Å²) in [6.07, 6.45) is 2.26. The smallest absolute Gasteiger partial charge is 0.254 e. The maximum Gasteiger partial charge on any atom is 0.254 e. The van der Waals surface area contributed by atoms with E-state index in [-0.39, 0.29) is 5.91 Å². The average molecular weight is 412 g/mol. The fourth-order valence-electron chi connectivity index (χ4n) is 3.80. The Morgan fingerprint density at radius 1 is 1.13 bits per heavy atom. The first-order valence-electron chi connectivity index (χ1n) is 10.4. The van der Waals surface area contributed by atoms with Crippen LogP contribution < -0.4 is 19.7 Å². The molecule has 1 fully saturated rings. The van der Waals surface area contributed by atoms with Crippen LogP contribution in [0.3, 0.4) is 0 Å². The van der Waals surface area contributed by atoms with Crippen molar-refractivity contribution in [1.29, 1.82) is 0 Å². The lowest BCUT2D eigenvalue weighted by Crippen LogP contribution is -2.30. The number of piperidine rings is 1. The van der Waals surface area contributed by atoms with Crippen molar-refractivity contribution in [2.45, 2.75) is 25.3 Å². The van der Waals surface area contributed by atoms with E-state index in [1.807, 2.05) is 19.0 Å². The van der Waals surface area contributed by atoms with Gasteiger partial charge in [-0.2, -0.15) is 0 Å². The normalized spacial score (nSPS) is 18.0. The van der Waals surface area contributed by atoms with Crippen LogP contribution in [-0.4, -0.2) is 68.2 Å². The van der Waals surface area contributed by atoms with Gasteiger partial charge in [-0.1, -0.05) is 0 Å². The molecule has 8 heteroatoms. The number of anilines is 1. The van der Waals surface area contributed by atoms with Crippen LogP contribution in [0.25, 0.3) is 0 Å². The SMILES string of the molecule is CN(Cc1nc([C@@H]2CCCNC2)cc(N(C)C)n1)C(=O)c1ccc2c(c1)OCCO2. The van der Waals surface area contributed by atoms with Gasteiger partial charge in [-0.05, 0) is 37.6 Å². The van der Waals surface area contributed by atoms with E-state index >= 15 is 0 Å². The largest absolute Gasteiger partial charge is 0.486 e. The van der Waals surface area contributed by atoms with Crippen LogP contribution in [0.5, 0.6) is 11.5 Å². The molecular weight excluding hydrogens is 382 g/mol. The zero-order chi connectivity index (χ0) is 21.1. The second-order valence-electron chi connectivity index (χ2n) is 8.02. The predicted molar refractivity (Wildman–Crippen MR) is 114 cm³/mol. The first kappa shape index (κ1) is 20.4. The number of amides is 1. The standard InChI is InChI=1S/C22H29N5O3/c1-26(2)21-12-17(16-5-4-8-23-13-16)24-20(25-21)14-27(3)22(28)15-6-7-18-19(11-15)30-10-9-29-18/h6-7,11-12,16,23H,4-5,8-10,13-14H2,1-3H3/t16-/m1/s1. The van der Waals surface area contributed by atoms with Gasteiger partial charge in [-0.25, -0.2) is 9.97 Å². The van der Waals surface area contributed by atoms with Crippen LogP contribution in [0, 0.1) is 0 Å². The maximum atomic E-state index is 13.0. The molecule has 0 unspecified atom stereocenters. The number of fused-ring (bicyclic) bond motifs is 1. The Balaban J connectivity index is 1.53. The van der Waals surface area contributed by atoms with Gasteiger partial charge in [0, 0.05) is 45.2 Å². The molecule has 2 aromatic rings. The molecule has 2 aliphatic rings. The number of nitrogens with one attached hydrogen (secondary N) is 1. The average Bonchev–Trinajstić information content (AvgIpc) is 2.78. The molecule has 0 spiro atoms. The molecule has 0 saturated carbocycles. The summed E-state index contributed by atoms with van der Waals surface area (Å²) in [5.74, 6) is 3.06. The lowest BCUT2D eigenvalue weighted by atomic mass is 9.96. The number of rotatable bonds is 5. The quantitative estimate of drug-likeness (QED) is 0.807. The van der Waals surface area contributed by atoms with Crippen molar-refractivity contribution >= 4 is 11.7 Å². The van der Waals surface area contributed by atoms with Gasteiger partial charge in [0.05, 0.1) is 12.2 Å². The lowest BCUT2D eigenvalue weighted by Gasteiger charge is -2.25. The van der Waals surface area contributed by atoms with Crippen LogP contribution in [-0.2, 0) is 6.54 Å². The summed E-state index contributed by atoms with van der Waals surface area (Å²) >= 11 is 0. The number of carbonyl (C=O) groups is 1. The Kier molecular flexibility index (Phi) is 6.03. The Bertz CT molecular complexity index is 912. The van der Waals surface area contributed by atoms with Crippen molar-refractivity contribution in [2.75, 3.05) is 52.3 Å². The van der Waals surface area contributed by atoms with Crippen molar-refractivity contribution in [3.05, 3.63) is 41.3 Å². The molecule has 1 saturated heterocycles. The van der Waals surface area contributed by atoms with Crippen LogP contribution in [0.15, 0.2) is 24.3 Å². The first-order chi connectivity index (χ1) is 14.5. The summed E-state index contributed by atoms with van der Waals surface area (Å²) in [6, 6.07) is 7.35. The predicted octanol–water partition coefficient (Wildman–Crippen LogP) is 2.05. The molecule has 30 heavy (non-hydrogen) atoms. The van der Waals surface area contributed by atoms with Crippen molar-refractivity contribution in [3.8, 4) is 11.5 Å². The van der Waals surface area contributed by atoms with E-state index in [2.05, 4.69) is 16.4 Å². The molecule has 1 atom stereocenters. The highest BCUT2D eigenvalue weighted by atomic mass is 16.6. The maximum absolute atomic E-state index is 13.0. The Hall–Kier alpha value is -2.87. The van der Waals surface area contributed by atoms with Crippen molar-refractivity contribution in [3.63, 3.8) is 0 Å². The third-order valence-electron chi connectivity index (χ3n) is 5.47. The van der Waals surface area contributed by atoms with Gasteiger partial charge >= 0.3 is 0 Å². The Morgan fingerprint density at radius 2 is 1.93 bits per heavy atom. The zero-order valence-corrected chi connectivity index (χ0v) is 17.9. The number of ether oxygens (including phenoxy) is 2. The number of carbonyl (C=O) groups excluding carboxylic acids is 1. The second-order valence-corrected chi connectivity index (χ2v) is 8.02. The van der Waals surface area contributed by atoms with Gasteiger partial charge in [0.15, 0.2) is 11.5 Å². The molecule has 1 N–H and O–H groups in total. The molecule has 0 radical (unpaired) electrons. The summed E-state index contributed by atoms with van der Waals surface area (Å²) in [7, 11) is 5.71. The number of benzene rings is 1. The van der Waals surface area contributed by atoms with E-state index in [1.165, 1.54) is 0 Å². The third kappa shape index (κ3) is 4.48. The van der Waals surface area contributed by atoms with Gasteiger partial charge in [-0.3, -0.25) is 4.79 Å². The van der Waals surface area contributed by atoms with Crippen LogP contribution in [0.2, 0.25) is 0 Å². The highest BCUT2D eigenvalue weighted by Gasteiger charge is 2.21. The molecule has 1 aromatic heterocycles. The van der Waals surface area contributed by atoms with Gasteiger partial charge in [0.25, 0.3) is 5.91 Å². The molecule has 1 aromatic carbocycles. The van der Waals surface area contributed by atoms with Crippen molar-refractivity contribution in [1.82, 2.24) is 20.2 Å². The summed E-state index contributed by atoms with van der Waals surface area (Å²) < 4.78 is 11.1. The number of aromatic nitrogens is 2. The molecule has 160 valence electrons. The van der Waals surface area contributed by atoms with E-state index in [1.54, 1.807) is 30.1 Å². The fourth-order valence-corrected chi connectivity index (χ4v) is 3.80. The van der Waals surface area contributed by atoms with E-state index in [4.69, 9.17) is 14.5 Å². The second kappa shape index (κ2) is 8.87. The molecule has 0 aliphatic carbocycles. The van der Waals surface area contributed by atoms with Gasteiger partial charge in [0.1, 0.15) is 24.9 Å². The molecular formula is C22H29N5O3. The first-order valence-corrected chi connectivity index (χ1v) is 10.4. The summed E-state index contributed by atoms with van der Waals surface area (Å²) in [4.78, 5) is 26.1. The monoisotopic (exact) mass is 411 g/mol. The fraction of sp³-hybridized carbons (Fsp3) is 0.500. The number of hydrogen-bond donors (Lipinski definition) is 1. The molecule has 0 bridgehead atoms. The summed E-state index contributed by atoms with van der Waals surface area (Å²) in [5, 5.41) is 3.45. The highest BCUT2D eigenvalue weighted by molar-refractivity contribution is 5.94. The van der Waals surface area contributed by atoms with Gasteiger partial charge in [0.2, 0.25) is 0 Å². The number of nitrogens with zero attached hydrogens (tertiary/aromatic N) is 4. The summed E-state index contributed by atoms with van der Waals surface area (Å²) in [6.45, 7) is 3.34. The highest BCUT2D eigenvalue weighted by Crippen LogP contribution is 2.31. The summed E-state index contributed by atoms with van der Waals surface area (Å²) in [5.41, 5.74) is 1.60. The van der Waals surface area contributed by atoms with Crippen LogP contribution in [0.1, 0.15) is 40.6 Å². The zero-order valence-electron chi connectivity index (χ0n) is 17.9. The molecule has 4 rings (SSSR count). The van der Waals surface area contributed by atoms with Crippen LogP contribution >= 0.6 is 0 Å². The van der Waals surface area contributed by atoms with Crippen molar-refractivity contribution < 1.29 is 14.3 Å². The van der Waals surface area contributed by atoms with Gasteiger partial charge in [-0.15, -0.1) is 0 Å². The Morgan fingerprint density at radius 3 is 2.67 bits per heavy atom. The van der Waals surface area contributed by atoms with Gasteiger partial charge < -0.3 is 24.6 Å². The van der Waals surface area contributed by atoms with E-state index in [0.29, 0.717) is 48.6 Å². The molecule has 8 nitrogen and oxygen atoms in total. The topological polar surface area (TPSA) is 79.8 Å². The third-order valence-corrected chi connectivity index (χ3v) is 5.47. The van der Waals surface area contributed by atoms with E-state index in [0.717, 1.165) is 37.4 Å². The minimum Gasteiger partial charge on any atom is -0.486 e. The van der Waals surface area contributed by atoms with Crippen LogP contribution in [0.4, 0.5) is 5.82 Å². The number of hydrogen-bond acceptors (Lipinski definition) is 7. The molecule has 1 amide bonds. The Labute approximate surface area is 177 Å². The van der Waals surface area contributed by atoms with Crippen molar-refractivity contribution in [2.24, 2.45) is 0 Å².